The van der Waals surface area contributed by atoms with E-state index in [1.807, 2.05) is 0 Å². The van der Waals surface area contributed by atoms with Gasteiger partial charge in [0.1, 0.15) is 11.5 Å². The van der Waals surface area contributed by atoms with Crippen LogP contribution in [-0.4, -0.2) is 32.7 Å². The fraction of sp³-hybridized carbons (Fsp3) is 0.200. The number of hydrogen-bond acceptors (Lipinski definition) is 5. The lowest BCUT2D eigenvalue weighted by Crippen LogP contribution is -2.20. The molecule has 27 heavy (non-hydrogen) atoms. The quantitative estimate of drug-likeness (QED) is 0.575. The fourth-order valence-electron chi connectivity index (χ4n) is 2.23. The van der Waals surface area contributed by atoms with Crippen LogP contribution in [-0.2, 0) is 14.3 Å². The molecule has 0 fully saturated rings. The average molecular weight is 390 g/mol. The van der Waals surface area contributed by atoms with Gasteiger partial charge in [0.2, 0.25) is 0 Å². The van der Waals surface area contributed by atoms with Gasteiger partial charge in [-0.25, -0.2) is 4.79 Å². The van der Waals surface area contributed by atoms with E-state index in [0.717, 1.165) is 5.56 Å². The first kappa shape index (κ1) is 20.3. The molecule has 0 atom stereocenters. The highest BCUT2D eigenvalue weighted by Crippen LogP contribution is 2.25. The smallest absolute Gasteiger partial charge is 0.331 e. The molecule has 0 aromatic heterocycles. The van der Waals surface area contributed by atoms with Crippen molar-refractivity contribution in [2.24, 2.45) is 0 Å². The van der Waals surface area contributed by atoms with Gasteiger partial charge < -0.3 is 19.5 Å². The van der Waals surface area contributed by atoms with Crippen molar-refractivity contribution < 1.29 is 23.8 Å². The molecule has 0 saturated heterocycles. The molecule has 0 heterocycles. The monoisotopic (exact) mass is 389 g/mol. The summed E-state index contributed by atoms with van der Waals surface area (Å²) in [6.07, 6.45) is 2.77. The molecule has 1 N–H and O–H groups in total. The Hall–Kier alpha value is -2.99. The maximum Gasteiger partial charge on any atom is 0.331 e. The van der Waals surface area contributed by atoms with Crippen LogP contribution in [0.1, 0.15) is 11.1 Å². The highest BCUT2D eigenvalue weighted by atomic mass is 35.5. The number of halogens is 1. The summed E-state index contributed by atoms with van der Waals surface area (Å²) in [5, 5.41) is 3.20. The SMILES string of the molecule is COc1ccc(/C=C/C(=O)OCC(=O)Nc2cccc(Cl)c2C)c(OC)c1. The van der Waals surface area contributed by atoms with E-state index in [4.69, 9.17) is 25.8 Å². The molecule has 0 radical (unpaired) electrons. The van der Waals surface area contributed by atoms with Gasteiger partial charge in [-0.2, -0.15) is 0 Å². The Labute approximate surface area is 162 Å². The van der Waals surface area contributed by atoms with Crippen LogP contribution in [0.4, 0.5) is 5.69 Å². The van der Waals surface area contributed by atoms with Crippen molar-refractivity contribution in [1.29, 1.82) is 0 Å². The van der Waals surface area contributed by atoms with Crippen LogP contribution in [0.2, 0.25) is 5.02 Å². The lowest BCUT2D eigenvalue weighted by Gasteiger charge is -2.09. The van der Waals surface area contributed by atoms with Gasteiger partial charge in [0.05, 0.1) is 14.2 Å². The van der Waals surface area contributed by atoms with E-state index < -0.39 is 18.5 Å². The van der Waals surface area contributed by atoms with Gasteiger partial charge >= 0.3 is 5.97 Å². The van der Waals surface area contributed by atoms with Crippen LogP contribution < -0.4 is 14.8 Å². The van der Waals surface area contributed by atoms with E-state index in [2.05, 4.69) is 5.32 Å². The van der Waals surface area contributed by atoms with E-state index >= 15 is 0 Å². The third-order valence-electron chi connectivity index (χ3n) is 3.73. The molecule has 0 aliphatic heterocycles. The third-order valence-corrected chi connectivity index (χ3v) is 4.14. The fourth-order valence-corrected chi connectivity index (χ4v) is 2.40. The zero-order valence-corrected chi connectivity index (χ0v) is 16.0. The molecule has 0 bridgehead atoms. The number of ether oxygens (including phenoxy) is 3. The molecular formula is C20H20ClNO5. The lowest BCUT2D eigenvalue weighted by molar-refractivity contribution is -0.142. The summed E-state index contributed by atoms with van der Waals surface area (Å²) >= 11 is 6.00. The summed E-state index contributed by atoms with van der Waals surface area (Å²) in [6, 6.07) is 10.4. The molecule has 1 amide bonds. The van der Waals surface area contributed by atoms with E-state index in [1.54, 1.807) is 56.5 Å². The van der Waals surface area contributed by atoms with Crippen molar-refractivity contribution in [3.63, 3.8) is 0 Å². The molecular weight excluding hydrogens is 370 g/mol. The number of carbonyl (C=O) groups excluding carboxylic acids is 2. The molecule has 2 aromatic rings. The van der Waals surface area contributed by atoms with Crippen molar-refractivity contribution in [1.82, 2.24) is 0 Å². The zero-order chi connectivity index (χ0) is 19.8. The first-order valence-electron chi connectivity index (χ1n) is 8.06. The maximum absolute atomic E-state index is 11.9. The number of esters is 1. The molecule has 7 heteroatoms. The maximum atomic E-state index is 11.9. The summed E-state index contributed by atoms with van der Waals surface area (Å²) in [7, 11) is 3.07. The largest absolute Gasteiger partial charge is 0.497 e. The number of amides is 1. The van der Waals surface area contributed by atoms with Crippen LogP contribution in [0, 0.1) is 6.92 Å². The van der Waals surface area contributed by atoms with Crippen LogP contribution in [0.25, 0.3) is 6.08 Å². The topological polar surface area (TPSA) is 73.9 Å². The Bertz CT molecular complexity index is 863. The van der Waals surface area contributed by atoms with Gasteiger partial charge in [-0.1, -0.05) is 17.7 Å². The van der Waals surface area contributed by atoms with Gasteiger partial charge in [0.25, 0.3) is 5.91 Å². The first-order valence-corrected chi connectivity index (χ1v) is 8.44. The van der Waals surface area contributed by atoms with Crippen LogP contribution >= 0.6 is 11.6 Å². The van der Waals surface area contributed by atoms with Gasteiger partial charge in [0, 0.05) is 28.4 Å². The molecule has 0 aliphatic carbocycles. The molecule has 142 valence electrons. The molecule has 0 unspecified atom stereocenters. The second kappa shape index (κ2) is 9.64. The number of hydrogen-bond donors (Lipinski definition) is 1. The van der Waals surface area contributed by atoms with Gasteiger partial charge in [-0.3, -0.25) is 4.79 Å². The van der Waals surface area contributed by atoms with Crippen molar-refractivity contribution in [2.75, 3.05) is 26.1 Å². The van der Waals surface area contributed by atoms with Gasteiger partial charge in [-0.15, -0.1) is 0 Å². The molecule has 0 spiro atoms. The number of carbonyl (C=O) groups is 2. The van der Waals surface area contributed by atoms with Gasteiger partial charge in [0.15, 0.2) is 6.61 Å². The number of nitrogens with one attached hydrogen (secondary N) is 1. The minimum atomic E-state index is -0.647. The molecule has 0 aliphatic rings. The normalized spacial score (nSPS) is 10.5. The van der Waals surface area contributed by atoms with E-state index in [-0.39, 0.29) is 0 Å². The van der Waals surface area contributed by atoms with Crippen LogP contribution in [0.15, 0.2) is 42.5 Å². The molecule has 6 nitrogen and oxygen atoms in total. The predicted octanol–water partition coefficient (Wildman–Crippen LogP) is 3.86. The summed E-state index contributed by atoms with van der Waals surface area (Å²) in [4.78, 5) is 23.8. The summed E-state index contributed by atoms with van der Waals surface area (Å²) in [5.41, 5.74) is 1.99. The Balaban J connectivity index is 1.91. The predicted molar refractivity (Wildman–Crippen MR) is 104 cm³/mol. The second-order valence-electron chi connectivity index (χ2n) is 5.51. The lowest BCUT2D eigenvalue weighted by atomic mass is 10.2. The second-order valence-corrected chi connectivity index (χ2v) is 5.92. The number of methoxy groups -OCH3 is 2. The van der Waals surface area contributed by atoms with E-state index in [9.17, 15) is 9.59 Å². The van der Waals surface area contributed by atoms with Crippen LogP contribution in [0.3, 0.4) is 0 Å². The highest BCUT2D eigenvalue weighted by Gasteiger charge is 2.09. The van der Waals surface area contributed by atoms with Crippen molar-refractivity contribution >= 4 is 35.2 Å². The summed E-state index contributed by atoms with van der Waals surface area (Å²) in [6.45, 7) is 1.38. The van der Waals surface area contributed by atoms with E-state index in [1.165, 1.54) is 13.2 Å². The number of rotatable bonds is 7. The van der Waals surface area contributed by atoms with Crippen LogP contribution in [0.5, 0.6) is 11.5 Å². The Morgan fingerprint density at radius 2 is 1.93 bits per heavy atom. The summed E-state index contributed by atoms with van der Waals surface area (Å²) in [5.74, 6) is 0.0853. The molecule has 0 saturated carbocycles. The Morgan fingerprint density at radius 3 is 2.63 bits per heavy atom. The highest BCUT2D eigenvalue weighted by molar-refractivity contribution is 6.31. The minimum absolute atomic E-state index is 0.408. The Kier molecular flexibility index (Phi) is 7.25. The van der Waals surface area contributed by atoms with Crippen molar-refractivity contribution in [3.05, 3.63) is 58.6 Å². The molecule has 2 aromatic carbocycles. The minimum Gasteiger partial charge on any atom is -0.497 e. The summed E-state index contributed by atoms with van der Waals surface area (Å²) < 4.78 is 15.3. The van der Waals surface area contributed by atoms with Gasteiger partial charge in [-0.05, 0) is 42.8 Å². The van der Waals surface area contributed by atoms with Crippen molar-refractivity contribution in [3.8, 4) is 11.5 Å². The Morgan fingerprint density at radius 1 is 1.15 bits per heavy atom. The zero-order valence-electron chi connectivity index (χ0n) is 15.2. The standard InChI is InChI=1S/C20H20ClNO5/c1-13-16(21)5-4-6-17(13)22-19(23)12-27-20(24)10-8-14-7-9-15(25-2)11-18(14)26-3/h4-11H,12H2,1-3H3,(H,22,23)/b10-8+. The number of anilines is 1. The number of benzene rings is 2. The first-order chi connectivity index (χ1) is 12.9. The van der Waals surface area contributed by atoms with Crippen molar-refractivity contribution in [2.45, 2.75) is 6.92 Å². The van der Waals surface area contributed by atoms with E-state index in [0.29, 0.717) is 27.8 Å². The molecule has 2 rings (SSSR count). The average Bonchev–Trinajstić information content (AvgIpc) is 2.68. The third kappa shape index (κ3) is 5.76.